The van der Waals surface area contributed by atoms with Gasteiger partial charge >= 0.3 is 11.9 Å². The van der Waals surface area contributed by atoms with Gasteiger partial charge in [-0.2, -0.15) is 0 Å². The maximum absolute atomic E-state index is 12.8. The van der Waals surface area contributed by atoms with Crippen molar-refractivity contribution in [2.75, 3.05) is 18.1 Å². The van der Waals surface area contributed by atoms with Crippen molar-refractivity contribution in [3.8, 4) is 41.6 Å². The molecule has 1 unspecified atom stereocenters. The van der Waals surface area contributed by atoms with E-state index in [9.17, 15) is 19.2 Å². The molecule has 0 saturated carbocycles. The molecule has 37 heavy (non-hydrogen) atoms. The number of ether oxygens (including phenoxy) is 3. The van der Waals surface area contributed by atoms with E-state index in [-0.39, 0.29) is 36.9 Å². The minimum Gasteiger partial charge on any atom is -0.452 e. The van der Waals surface area contributed by atoms with Crippen LogP contribution in [0.5, 0.6) is 5.75 Å². The Kier molecular flexibility index (Phi) is 8.28. The zero-order valence-corrected chi connectivity index (χ0v) is 20.1. The predicted octanol–water partition coefficient (Wildman–Crippen LogP) is 2.04. The van der Waals surface area contributed by atoms with Gasteiger partial charge in [0, 0.05) is 31.5 Å². The van der Waals surface area contributed by atoms with Crippen molar-refractivity contribution in [2.24, 2.45) is 5.73 Å². The minimum absolute atomic E-state index is 0.0905. The number of anilines is 1. The lowest BCUT2D eigenvalue weighted by atomic mass is 9.84. The molecule has 0 bridgehead atoms. The summed E-state index contributed by atoms with van der Waals surface area (Å²) < 4.78 is 15.7. The number of nitrogens with two attached hydrogens (primary N) is 1. The van der Waals surface area contributed by atoms with Crippen molar-refractivity contribution in [1.29, 1.82) is 0 Å². The van der Waals surface area contributed by atoms with E-state index in [1.807, 2.05) is 0 Å². The number of imide groups is 1. The van der Waals surface area contributed by atoms with Gasteiger partial charge in [-0.1, -0.05) is 17.9 Å². The highest BCUT2D eigenvalue weighted by atomic mass is 16.5. The zero-order chi connectivity index (χ0) is 27.1. The molecule has 0 fully saturated rings. The van der Waals surface area contributed by atoms with Crippen molar-refractivity contribution in [1.82, 2.24) is 4.98 Å². The van der Waals surface area contributed by atoms with E-state index in [4.69, 9.17) is 32.8 Å². The molecule has 2 amide bonds. The molecular formula is C27H23N3O7. The first-order valence-electron chi connectivity index (χ1n) is 11.0. The lowest BCUT2D eigenvalue weighted by molar-refractivity contribution is -0.142. The number of hydrogen-bond donors (Lipinski definition) is 1. The van der Waals surface area contributed by atoms with Gasteiger partial charge in [-0.05, 0) is 35.4 Å². The third kappa shape index (κ3) is 5.95. The fraction of sp³-hybridized carbons (Fsp3) is 0.222. The van der Waals surface area contributed by atoms with Gasteiger partial charge in [-0.25, -0.2) is 14.7 Å². The molecular weight excluding hydrogens is 478 g/mol. The summed E-state index contributed by atoms with van der Waals surface area (Å²) in [6.45, 7) is 1.97. The number of amides is 2. The SMILES string of the molecule is C#CCOC(=O)CC1C(C(=O)OCC#C)=C(N)Oc2ccc(-c3ccnc(N(C(C)=O)C(C)=O)c3)cc21. The molecule has 1 aliphatic heterocycles. The predicted molar refractivity (Wildman–Crippen MR) is 132 cm³/mol. The van der Waals surface area contributed by atoms with E-state index >= 15 is 0 Å². The average Bonchev–Trinajstić information content (AvgIpc) is 2.85. The lowest BCUT2D eigenvalue weighted by Crippen LogP contribution is -2.33. The number of benzene rings is 1. The number of pyridine rings is 1. The third-order valence-electron chi connectivity index (χ3n) is 5.35. The number of carbonyl (C=O) groups is 4. The summed E-state index contributed by atoms with van der Waals surface area (Å²) in [4.78, 5) is 54.3. The summed E-state index contributed by atoms with van der Waals surface area (Å²) in [5.41, 5.74) is 7.62. The molecule has 1 aliphatic rings. The molecule has 0 aliphatic carbocycles. The van der Waals surface area contributed by atoms with Gasteiger partial charge in [0.1, 0.15) is 17.1 Å². The van der Waals surface area contributed by atoms with Gasteiger partial charge in [0.2, 0.25) is 17.7 Å². The maximum Gasteiger partial charge on any atom is 0.341 e. The first-order chi connectivity index (χ1) is 17.7. The summed E-state index contributed by atoms with van der Waals surface area (Å²) in [6.07, 6.45) is 11.5. The van der Waals surface area contributed by atoms with E-state index in [0.29, 0.717) is 22.4 Å². The second-order valence-corrected chi connectivity index (χ2v) is 7.81. The number of rotatable bonds is 7. The molecule has 188 valence electrons. The normalized spacial score (nSPS) is 13.8. The average molecular weight is 501 g/mol. The van der Waals surface area contributed by atoms with Crippen LogP contribution in [0.4, 0.5) is 5.82 Å². The van der Waals surface area contributed by atoms with E-state index in [0.717, 1.165) is 4.90 Å². The van der Waals surface area contributed by atoms with Gasteiger partial charge in [0.25, 0.3) is 0 Å². The number of carbonyl (C=O) groups excluding carboxylic acids is 4. The van der Waals surface area contributed by atoms with Crippen molar-refractivity contribution in [2.45, 2.75) is 26.2 Å². The fourth-order valence-electron chi connectivity index (χ4n) is 3.85. The van der Waals surface area contributed by atoms with Crippen LogP contribution in [0.3, 0.4) is 0 Å². The standard InChI is InChI=1S/C27H23N3O7/c1-5-11-35-24(33)15-21-20-13-18(19-9-10-29-23(14-19)30(16(3)31)17(4)32)7-8-22(20)37-26(28)25(21)27(34)36-12-6-2/h1-2,7-10,13-14,21H,11-12,15,28H2,3-4H3. The first-order valence-corrected chi connectivity index (χ1v) is 11.0. The zero-order valence-electron chi connectivity index (χ0n) is 20.1. The van der Waals surface area contributed by atoms with Crippen molar-refractivity contribution in [3.63, 3.8) is 0 Å². The summed E-state index contributed by atoms with van der Waals surface area (Å²) in [5.74, 6) is 1.25. The molecule has 0 radical (unpaired) electrons. The number of nitrogens with zero attached hydrogens (tertiary/aromatic N) is 2. The first kappa shape index (κ1) is 26.5. The molecule has 10 nitrogen and oxygen atoms in total. The molecule has 1 atom stereocenters. The highest BCUT2D eigenvalue weighted by Crippen LogP contribution is 2.42. The molecule has 3 rings (SSSR count). The lowest BCUT2D eigenvalue weighted by Gasteiger charge is -2.28. The van der Waals surface area contributed by atoms with E-state index in [1.165, 1.54) is 20.0 Å². The summed E-state index contributed by atoms with van der Waals surface area (Å²) in [6, 6.07) is 8.27. The Morgan fingerprint density at radius 1 is 1.03 bits per heavy atom. The Hall–Kier alpha value is -5.09. The number of hydrogen-bond acceptors (Lipinski definition) is 9. The smallest absolute Gasteiger partial charge is 0.341 e. The van der Waals surface area contributed by atoms with Crippen LogP contribution in [-0.4, -0.2) is 42.0 Å². The highest BCUT2D eigenvalue weighted by molar-refractivity contribution is 6.12. The summed E-state index contributed by atoms with van der Waals surface area (Å²) >= 11 is 0. The minimum atomic E-state index is -0.897. The largest absolute Gasteiger partial charge is 0.452 e. The van der Waals surface area contributed by atoms with Crippen molar-refractivity contribution in [3.05, 3.63) is 53.5 Å². The van der Waals surface area contributed by atoms with Gasteiger partial charge < -0.3 is 19.9 Å². The molecule has 0 spiro atoms. The van der Waals surface area contributed by atoms with E-state index in [2.05, 4.69) is 16.8 Å². The summed E-state index contributed by atoms with van der Waals surface area (Å²) in [7, 11) is 0. The van der Waals surface area contributed by atoms with E-state index in [1.54, 1.807) is 30.3 Å². The number of aromatic nitrogens is 1. The Morgan fingerprint density at radius 2 is 1.68 bits per heavy atom. The number of terminal acetylenes is 2. The molecule has 10 heteroatoms. The van der Waals surface area contributed by atoms with Crippen LogP contribution in [0.1, 0.15) is 31.7 Å². The molecule has 0 saturated heterocycles. The fourth-order valence-corrected chi connectivity index (χ4v) is 3.85. The quantitative estimate of drug-likeness (QED) is 0.446. The van der Waals surface area contributed by atoms with Crippen LogP contribution in [0.15, 0.2) is 48.0 Å². The number of esters is 2. The van der Waals surface area contributed by atoms with Crippen LogP contribution in [-0.2, 0) is 28.7 Å². The Morgan fingerprint density at radius 3 is 2.32 bits per heavy atom. The molecule has 1 aromatic carbocycles. The second kappa shape index (κ2) is 11.6. The summed E-state index contributed by atoms with van der Waals surface area (Å²) in [5, 5.41) is 0. The van der Waals surface area contributed by atoms with Crippen LogP contribution in [0.25, 0.3) is 11.1 Å². The monoisotopic (exact) mass is 501 g/mol. The molecule has 2 heterocycles. The van der Waals surface area contributed by atoms with Crippen LogP contribution >= 0.6 is 0 Å². The Labute approximate surface area is 213 Å². The second-order valence-electron chi connectivity index (χ2n) is 7.81. The number of fused-ring (bicyclic) bond motifs is 1. The van der Waals surface area contributed by atoms with Crippen LogP contribution in [0, 0.1) is 24.7 Å². The van der Waals surface area contributed by atoms with Gasteiger partial charge in [0.05, 0.1) is 6.42 Å². The van der Waals surface area contributed by atoms with Gasteiger partial charge in [-0.15, -0.1) is 12.8 Å². The Bertz CT molecular complexity index is 1370. The molecule has 2 aromatic rings. The van der Waals surface area contributed by atoms with Gasteiger partial charge in [0.15, 0.2) is 13.2 Å². The highest BCUT2D eigenvalue weighted by Gasteiger charge is 2.36. The maximum atomic E-state index is 12.8. The van der Waals surface area contributed by atoms with Gasteiger partial charge in [-0.3, -0.25) is 14.4 Å². The topological polar surface area (TPSA) is 138 Å². The molecule has 2 N–H and O–H groups in total. The molecule has 1 aromatic heterocycles. The third-order valence-corrected chi connectivity index (χ3v) is 5.35. The van der Waals surface area contributed by atoms with E-state index < -0.39 is 29.7 Å². The van der Waals surface area contributed by atoms with Crippen LogP contribution in [0.2, 0.25) is 0 Å². The van der Waals surface area contributed by atoms with Crippen LogP contribution < -0.4 is 15.4 Å². The van der Waals surface area contributed by atoms with Crippen molar-refractivity contribution >= 4 is 29.6 Å². The Balaban J connectivity index is 2.08. The van der Waals surface area contributed by atoms with Crippen molar-refractivity contribution < 1.29 is 33.4 Å².